The van der Waals surface area contributed by atoms with Crippen LogP contribution in [-0.2, 0) is 9.22 Å². The standard InChI is InChI=1S/C19H32O2Si/c1-17(2,3)22(6,7)21-12-19(5)15-8-9-18(19,4)16-11-13(20)10-14(15)16/h11,14-15H,8-10,12H2,1-7H3/t14-,15-,18+,19+/m0/s1. The molecule has 4 atom stereocenters. The minimum Gasteiger partial charge on any atom is -0.416 e. The molecule has 0 aromatic rings. The number of carbonyl (C=O) groups is 1. The number of hydrogen-bond acceptors (Lipinski definition) is 2. The lowest BCUT2D eigenvalue weighted by atomic mass is 9.68. The molecule has 2 bridgehead atoms. The zero-order valence-corrected chi connectivity index (χ0v) is 16.4. The van der Waals surface area contributed by atoms with Crippen LogP contribution in [0.5, 0.6) is 0 Å². The highest BCUT2D eigenvalue weighted by molar-refractivity contribution is 6.74. The van der Waals surface area contributed by atoms with E-state index in [1.165, 1.54) is 18.4 Å². The average Bonchev–Trinajstić information content (AvgIpc) is 2.92. The highest BCUT2D eigenvalue weighted by Gasteiger charge is 2.67. The lowest BCUT2D eigenvalue weighted by Crippen LogP contribution is -2.46. The highest BCUT2D eigenvalue weighted by Crippen LogP contribution is 2.72. The summed E-state index contributed by atoms with van der Waals surface area (Å²) in [4.78, 5) is 11.9. The number of hydrogen-bond donors (Lipinski definition) is 0. The van der Waals surface area contributed by atoms with Crippen molar-refractivity contribution < 1.29 is 9.22 Å². The maximum Gasteiger partial charge on any atom is 0.192 e. The number of allylic oxidation sites excluding steroid dienone is 2. The van der Waals surface area contributed by atoms with E-state index in [9.17, 15) is 4.79 Å². The molecule has 0 aliphatic heterocycles. The molecule has 2 nitrogen and oxygen atoms in total. The van der Waals surface area contributed by atoms with E-state index < -0.39 is 8.32 Å². The van der Waals surface area contributed by atoms with E-state index in [1.807, 2.05) is 6.08 Å². The SMILES string of the molecule is CC(C)(C)[Si](C)(C)OC[C@]1(C)[C@H]2CC[C@]1(C)C1=CC(=O)C[C@H]12. The molecule has 0 N–H and O–H groups in total. The zero-order chi connectivity index (χ0) is 16.6. The quantitative estimate of drug-likeness (QED) is 0.687. The molecule has 0 heterocycles. The molecule has 0 amide bonds. The summed E-state index contributed by atoms with van der Waals surface area (Å²) < 4.78 is 6.65. The monoisotopic (exact) mass is 320 g/mol. The first-order valence-electron chi connectivity index (χ1n) is 8.81. The van der Waals surface area contributed by atoms with Gasteiger partial charge in [-0.05, 0) is 54.3 Å². The lowest BCUT2D eigenvalue weighted by Gasteiger charge is -2.43. The fourth-order valence-corrected chi connectivity index (χ4v) is 6.08. The lowest BCUT2D eigenvalue weighted by molar-refractivity contribution is -0.114. The van der Waals surface area contributed by atoms with Crippen LogP contribution in [0.1, 0.15) is 53.9 Å². The molecule has 0 saturated heterocycles. The topological polar surface area (TPSA) is 26.3 Å². The Morgan fingerprint density at radius 1 is 1.32 bits per heavy atom. The molecule has 22 heavy (non-hydrogen) atoms. The van der Waals surface area contributed by atoms with Gasteiger partial charge in [-0.3, -0.25) is 4.79 Å². The Kier molecular flexibility index (Phi) is 3.41. The van der Waals surface area contributed by atoms with E-state index in [4.69, 9.17) is 4.43 Å². The molecule has 0 aromatic carbocycles. The molecule has 3 aliphatic carbocycles. The Hall–Kier alpha value is -0.413. The third kappa shape index (κ3) is 1.97. The smallest absolute Gasteiger partial charge is 0.192 e. The van der Waals surface area contributed by atoms with Crippen LogP contribution in [0.25, 0.3) is 0 Å². The third-order valence-electron chi connectivity index (χ3n) is 7.83. The van der Waals surface area contributed by atoms with Gasteiger partial charge in [0, 0.05) is 18.4 Å². The van der Waals surface area contributed by atoms with E-state index in [1.54, 1.807) is 0 Å². The summed E-state index contributed by atoms with van der Waals surface area (Å²) in [5.41, 5.74) is 1.84. The van der Waals surface area contributed by atoms with E-state index in [0.29, 0.717) is 17.6 Å². The first-order chi connectivity index (χ1) is 9.92. The van der Waals surface area contributed by atoms with Crippen molar-refractivity contribution in [3.05, 3.63) is 11.6 Å². The van der Waals surface area contributed by atoms with Crippen LogP contribution >= 0.6 is 0 Å². The predicted molar refractivity (Wildman–Crippen MR) is 93.3 cm³/mol. The van der Waals surface area contributed by atoms with Crippen LogP contribution in [0.15, 0.2) is 11.6 Å². The van der Waals surface area contributed by atoms with Gasteiger partial charge in [-0.1, -0.05) is 40.2 Å². The van der Waals surface area contributed by atoms with E-state index in [2.05, 4.69) is 47.7 Å². The van der Waals surface area contributed by atoms with Crippen LogP contribution in [0, 0.1) is 22.7 Å². The van der Waals surface area contributed by atoms with Crippen LogP contribution in [0.2, 0.25) is 18.1 Å². The van der Waals surface area contributed by atoms with Gasteiger partial charge < -0.3 is 4.43 Å². The Balaban J connectivity index is 1.86. The number of rotatable bonds is 3. The maximum absolute atomic E-state index is 11.9. The van der Waals surface area contributed by atoms with Crippen molar-refractivity contribution in [3.63, 3.8) is 0 Å². The van der Waals surface area contributed by atoms with Crippen molar-refractivity contribution in [1.82, 2.24) is 0 Å². The molecule has 3 rings (SSSR count). The van der Waals surface area contributed by atoms with Crippen molar-refractivity contribution in [3.8, 4) is 0 Å². The van der Waals surface area contributed by atoms with Gasteiger partial charge in [0.1, 0.15) is 0 Å². The van der Waals surface area contributed by atoms with Gasteiger partial charge >= 0.3 is 0 Å². The molecule has 3 heteroatoms. The number of ketones is 1. The normalized spacial score (nSPS) is 41.0. The minimum absolute atomic E-state index is 0.177. The Labute approximate surface area is 136 Å². The molecular formula is C19H32O2Si. The van der Waals surface area contributed by atoms with Crippen LogP contribution < -0.4 is 0 Å². The fraction of sp³-hybridized carbons (Fsp3) is 0.842. The van der Waals surface area contributed by atoms with Crippen LogP contribution in [0.3, 0.4) is 0 Å². The molecule has 2 saturated carbocycles. The summed E-state index contributed by atoms with van der Waals surface area (Å²) >= 11 is 0. The molecule has 0 radical (unpaired) electrons. The predicted octanol–water partition coefficient (Wildman–Crippen LogP) is 4.96. The summed E-state index contributed by atoms with van der Waals surface area (Å²) in [5.74, 6) is 1.50. The molecule has 0 spiro atoms. The average molecular weight is 321 g/mol. The largest absolute Gasteiger partial charge is 0.416 e. The maximum atomic E-state index is 11.9. The molecular weight excluding hydrogens is 288 g/mol. The van der Waals surface area contributed by atoms with Crippen molar-refractivity contribution >= 4 is 14.1 Å². The van der Waals surface area contributed by atoms with E-state index >= 15 is 0 Å². The van der Waals surface area contributed by atoms with Gasteiger partial charge in [-0.25, -0.2) is 0 Å². The van der Waals surface area contributed by atoms with Crippen molar-refractivity contribution in [1.29, 1.82) is 0 Å². The van der Waals surface area contributed by atoms with Gasteiger partial charge in [0.15, 0.2) is 14.1 Å². The summed E-state index contributed by atoms with van der Waals surface area (Å²) in [6.45, 7) is 17.3. The van der Waals surface area contributed by atoms with Crippen molar-refractivity contribution in [2.45, 2.75) is 72.0 Å². The van der Waals surface area contributed by atoms with Gasteiger partial charge in [0.25, 0.3) is 0 Å². The molecule has 3 aliphatic rings. The molecule has 124 valence electrons. The second-order valence-corrected chi connectivity index (χ2v) is 14.6. The Morgan fingerprint density at radius 3 is 2.50 bits per heavy atom. The number of carbonyl (C=O) groups excluding carboxylic acids is 1. The molecule has 2 fully saturated rings. The highest BCUT2D eigenvalue weighted by atomic mass is 28.4. The van der Waals surface area contributed by atoms with Gasteiger partial charge in [-0.15, -0.1) is 0 Å². The fourth-order valence-electron chi connectivity index (χ4n) is 4.98. The summed E-state index contributed by atoms with van der Waals surface area (Å²) in [6, 6.07) is 0. The number of fused-ring (bicyclic) bond motifs is 5. The Morgan fingerprint density at radius 2 is 1.95 bits per heavy atom. The summed E-state index contributed by atoms with van der Waals surface area (Å²) in [5, 5.41) is 0.257. The summed E-state index contributed by atoms with van der Waals surface area (Å²) in [6.07, 6.45) is 5.23. The second-order valence-electron chi connectivity index (χ2n) is 9.82. The van der Waals surface area contributed by atoms with Crippen molar-refractivity contribution in [2.24, 2.45) is 22.7 Å². The van der Waals surface area contributed by atoms with Crippen molar-refractivity contribution in [2.75, 3.05) is 6.61 Å². The first kappa shape index (κ1) is 16.4. The van der Waals surface area contributed by atoms with Crippen LogP contribution in [0.4, 0.5) is 0 Å². The minimum atomic E-state index is -1.72. The van der Waals surface area contributed by atoms with Crippen LogP contribution in [-0.4, -0.2) is 20.7 Å². The third-order valence-corrected chi connectivity index (χ3v) is 12.3. The summed E-state index contributed by atoms with van der Waals surface area (Å²) in [7, 11) is -1.72. The molecule has 0 aromatic heterocycles. The van der Waals surface area contributed by atoms with E-state index in [0.717, 1.165) is 13.0 Å². The van der Waals surface area contributed by atoms with Gasteiger partial charge in [0.2, 0.25) is 0 Å². The van der Waals surface area contributed by atoms with E-state index in [-0.39, 0.29) is 15.9 Å². The van der Waals surface area contributed by atoms with Gasteiger partial charge in [-0.2, -0.15) is 0 Å². The second kappa shape index (κ2) is 4.57. The molecule has 0 unspecified atom stereocenters. The first-order valence-corrected chi connectivity index (χ1v) is 11.7. The Bertz CT molecular complexity index is 542. The van der Waals surface area contributed by atoms with Gasteiger partial charge in [0.05, 0.1) is 0 Å². The zero-order valence-electron chi connectivity index (χ0n) is 15.4.